The van der Waals surface area contributed by atoms with Gasteiger partial charge < -0.3 is 11.1 Å². The van der Waals surface area contributed by atoms with E-state index in [4.69, 9.17) is 5.73 Å². The number of nitrogens with one attached hydrogen (secondary N) is 1. The molecule has 0 aliphatic rings. The number of hydrogen-bond donors (Lipinski definition) is 2. The summed E-state index contributed by atoms with van der Waals surface area (Å²) in [5, 5.41) is 4.41. The second-order valence-electron chi connectivity index (χ2n) is 4.37. The third kappa shape index (κ3) is 3.80. The van der Waals surface area contributed by atoms with Crippen molar-refractivity contribution in [1.82, 2.24) is 4.98 Å². The van der Waals surface area contributed by atoms with Gasteiger partial charge in [-0.25, -0.2) is 4.98 Å². The molecule has 0 fully saturated rings. The number of nitrogens with zero attached hydrogens (tertiary/aromatic N) is 1. The monoisotopic (exact) mass is 227 g/mol. The molecule has 0 saturated heterocycles. The number of nitrogens with two attached hydrogens (primary N) is 1. The first-order chi connectivity index (χ1) is 7.02. The van der Waals surface area contributed by atoms with Crippen molar-refractivity contribution in [3.8, 4) is 0 Å². The molecule has 0 aliphatic carbocycles. The molecular weight excluding hydrogens is 206 g/mol. The van der Waals surface area contributed by atoms with Crippen LogP contribution < -0.4 is 11.1 Å². The van der Waals surface area contributed by atoms with Gasteiger partial charge in [-0.15, -0.1) is 11.3 Å². The van der Waals surface area contributed by atoms with Crippen LogP contribution in [0.5, 0.6) is 0 Å². The van der Waals surface area contributed by atoms with Gasteiger partial charge in [0.15, 0.2) is 5.13 Å². The predicted octanol–water partition coefficient (Wildman–Crippen LogP) is 2.55. The second-order valence-corrected chi connectivity index (χ2v) is 5.57. The molecule has 1 unspecified atom stereocenters. The highest BCUT2D eigenvalue weighted by molar-refractivity contribution is 7.15. The summed E-state index contributed by atoms with van der Waals surface area (Å²) >= 11 is 1.71. The Bertz CT molecular complexity index is 287. The standard InChI is InChI=1S/C11H21N3S/c1-7(2)5-10(6-12)14-11-13-8(3)9(4)15-11/h7,10H,5-6,12H2,1-4H3,(H,13,14). The Labute approximate surface area is 96.1 Å². The van der Waals surface area contributed by atoms with E-state index in [-0.39, 0.29) is 0 Å². The molecule has 1 aromatic rings. The van der Waals surface area contributed by atoms with Crippen molar-refractivity contribution in [1.29, 1.82) is 0 Å². The van der Waals surface area contributed by atoms with E-state index < -0.39 is 0 Å². The molecule has 0 aromatic carbocycles. The first-order valence-corrected chi connectivity index (χ1v) is 6.25. The van der Waals surface area contributed by atoms with Crippen LogP contribution >= 0.6 is 11.3 Å². The van der Waals surface area contributed by atoms with Gasteiger partial charge in [-0.1, -0.05) is 13.8 Å². The normalized spacial score (nSPS) is 13.2. The van der Waals surface area contributed by atoms with Crippen LogP contribution in [0, 0.1) is 19.8 Å². The summed E-state index contributed by atoms with van der Waals surface area (Å²) in [6.07, 6.45) is 1.09. The molecule has 1 atom stereocenters. The number of hydrogen-bond acceptors (Lipinski definition) is 4. The maximum absolute atomic E-state index is 5.73. The molecule has 1 rings (SSSR count). The van der Waals surface area contributed by atoms with E-state index in [9.17, 15) is 0 Å². The highest BCUT2D eigenvalue weighted by Gasteiger charge is 2.11. The number of aromatic nitrogens is 1. The molecule has 3 N–H and O–H groups in total. The average Bonchev–Trinajstić information content (AvgIpc) is 2.44. The molecular formula is C11H21N3S. The van der Waals surface area contributed by atoms with Gasteiger partial charge in [-0.3, -0.25) is 0 Å². The minimum atomic E-state index is 0.343. The Morgan fingerprint density at radius 1 is 1.40 bits per heavy atom. The van der Waals surface area contributed by atoms with E-state index in [1.165, 1.54) is 4.88 Å². The van der Waals surface area contributed by atoms with Gasteiger partial charge in [0.25, 0.3) is 0 Å². The maximum Gasteiger partial charge on any atom is 0.183 e. The molecule has 0 bridgehead atoms. The van der Waals surface area contributed by atoms with Crippen LogP contribution in [0.15, 0.2) is 0 Å². The first kappa shape index (κ1) is 12.5. The zero-order valence-corrected chi connectivity index (χ0v) is 10.8. The van der Waals surface area contributed by atoms with Crippen LogP contribution in [0.4, 0.5) is 5.13 Å². The Kier molecular flexibility index (Phi) is 4.54. The third-order valence-corrected chi connectivity index (χ3v) is 3.40. The summed E-state index contributed by atoms with van der Waals surface area (Å²) in [4.78, 5) is 5.73. The van der Waals surface area contributed by atoms with Crippen molar-refractivity contribution in [2.45, 2.75) is 40.2 Å². The van der Waals surface area contributed by atoms with Gasteiger partial charge in [-0.05, 0) is 26.2 Å². The van der Waals surface area contributed by atoms with Crippen molar-refractivity contribution >= 4 is 16.5 Å². The molecule has 4 heteroatoms. The lowest BCUT2D eigenvalue weighted by Crippen LogP contribution is -2.30. The molecule has 0 amide bonds. The number of anilines is 1. The topological polar surface area (TPSA) is 50.9 Å². The molecule has 1 aromatic heterocycles. The summed E-state index contributed by atoms with van der Waals surface area (Å²) in [6, 6.07) is 0.343. The van der Waals surface area contributed by atoms with Gasteiger partial charge >= 0.3 is 0 Å². The van der Waals surface area contributed by atoms with Gasteiger partial charge in [-0.2, -0.15) is 0 Å². The minimum absolute atomic E-state index is 0.343. The summed E-state index contributed by atoms with van der Waals surface area (Å²) in [7, 11) is 0. The fourth-order valence-corrected chi connectivity index (χ4v) is 2.38. The SMILES string of the molecule is Cc1nc(NC(CN)CC(C)C)sc1C. The van der Waals surface area contributed by atoms with Crippen molar-refractivity contribution in [3.05, 3.63) is 10.6 Å². The molecule has 0 saturated carbocycles. The molecule has 86 valence electrons. The van der Waals surface area contributed by atoms with Crippen LogP contribution in [-0.4, -0.2) is 17.6 Å². The lowest BCUT2D eigenvalue weighted by Gasteiger charge is -2.17. The van der Waals surface area contributed by atoms with E-state index in [0.29, 0.717) is 18.5 Å². The molecule has 0 spiro atoms. The lowest BCUT2D eigenvalue weighted by atomic mass is 10.0. The van der Waals surface area contributed by atoms with Crippen LogP contribution in [-0.2, 0) is 0 Å². The molecule has 15 heavy (non-hydrogen) atoms. The molecule has 0 aliphatic heterocycles. The third-order valence-electron chi connectivity index (χ3n) is 2.40. The summed E-state index contributed by atoms with van der Waals surface area (Å²) in [5.74, 6) is 0.660. The van der Waals surface area contributed by atoms with Gasteiger partial charge in [0.2, 0.25) is 0 Å². The zero-order chi connectivity index (χ0) is 11.4. The van der Waals surface area contributed by atoms with Crippen molar-refractivity contribution in [3.63, 3.8) is 0 Å². The van der Waals surface area contributed by atoms with Crippen LogP contribution in [0.25, 0.3) is 0 Å². The smallest absolute Gasteiger partial charge is 0.183 e. The summed E-state index contributed by atoms with van der Waals surface area (Å²) < 4.78 is 0. The quantitative estimate of drug-likeness (QED) is 0.813. The highest BCUT2D eigenvalue weighted by atomic mass is 32.1. The Hall–Kier alpha value is -0.610. The number of thiazole rings is 1. The Balaban J connectivity index is 2.58. The largest absolute Gasteiger partial charge is 0.357 e. The Morgan fingerprint density at radius 2 is 2.07 bits per heavy atom. The van der Waals surface area contributed by atoms with Crippen molar-refractivity contribution in [2.75, 3.05) is 11.9 Å². The van der Waals surface area contributed by atoms with Crippen LogP contribution in [0.1, 0.15) is 30.8 Å². The summed E-state index contributed by atoms with van der Waals surface area (Å²) in [5.41, 5.74) is 6.84. The van der Waals surface area contributed by atoms with Gasteiger partial charge in [0.1, 0.15) is 0 Å². The van der Waals surface area contributed by atoms with Crippen molar-refractivity contribution < 1.29 is 0 Å². The van der Waals surface area contributed by atoms with E-state index in [2.05, 4.69) is 31.1 Å². The fraction of sp³-hybridized carbons (Fsp3) is 0.727. The van der Waals surface area contributed by atoms with E-state index >= 15 is 0 Å². The number of rotatable bonds is 5. The summed E-state index contributed by atoms with van der Waals surface area (Å²) in [6.45, 7) is 9.22. The minimum Gasteiger partial charge on any atom is -0.357 e. The average molecular weight is 227 g/mol. The predicted molar refractivity (Wildman–Crippen MR) is 67.5 cm³/mol. The maximum atomic E-state index is 5.73. The van der Waals surface area contributed by atoms with E-state index in [1.54, 1.807) is 11.3 Å². The van der Waals surface area contributed by atoms with Crippen LogP contribution in [0.3, 0.4) is 0 Å². The molecule has 1 heterocycles. The lowest BCUT2D eigenvalue weighted by molar-refractivity contribution is 0.521. The van der Waals surface area contributed by atoms with E-state index in [0.717, 1.165) is 17.2 Å². The second kappa shape index (κ2) is 5.47. The van der Waals surface area contributed by atoms with Gasteiger partial charge in [0, 0.05) is 17.5 Å². The van der Waals surface area contributed by atoms with Crippen LogP contribution in [0.2, 0.25) is 0 Å². The number of aryl methyl sites for hydroxylation is 2. The molecule has 3 nitrogen and oxygen atoms in total. The highest BCUT2D eigenvalue weighted by Crippen LogP contribution is 2.22. The Morgan fingerprint density at radius 3 is 2.47 bits per heavy atom. The fourth-order valence-electron chi connectivity index (χ4n) is 1.49. The van der Waals surface area contributed by atoms with E-state index in [1.807, 2.05) is 6.92 Å². The first-order valence-electron chi connectivity index (χ1n) is 5.43. The molecule has 0 radical (unpaired) electrons. The van der Waals surface area contributed by atoms with Crippen molar-refractivity contribution in [2.24, 2.45) is 11.7 Å². The van der Waals surface area contributed by atoms with Gasteiger partial charge in [0.05, 0.1) is 5.69 Å². The zero-order valence-electron chi connectivity index (χ0n) is 10.0.